The first-order valence-corrected chi connectivity index (χ1v) is 6.30. The molecule has 0 bridgehead atoms. The Morgan fingerprint density at radius 3 is 2.88 bits per heavy atom. The molecule has 0 atom stereocenters. The number of hydrogen-bond acceptors (Lipinski definition) is 3. The van der Waals surface area contributed by atoms with Crippen molar-refractivity contribution in [2.45, 2.75) is 13.3 Å². The number of nitrogens with one attached hydrogen (secondary N) is 2. The van der Waals surface area contributed by atoms with Crippen LogP contribution in [0, 0.1) is 6.92 Å². The van der Waals surface area contributed by atoms with Crippen molar-refractivity contribution in [2.24, 2.45) is 0 Å². The monoisotopic (exact) mass is 300 g/mol. The molecule has 1 aromatic carbocycles. The number of aliphatic hydroxyl groups excluding tert-OH is 1. The van der Waals surface area contributed by atoms with Gasteiger partial charge in [-0.3, -0.25) is 4.79 Å². The second kappa shape index (κ2) is 7.42. The van der Waals surface area contributed by atoms with Crippen LogP contribution in [0.4, 0.5) is 5.69 Å². The van der Waals surface area contributed by atoms with E-state index in [9.17, 15) is 4.79 Å². The molecule has 0 radical (unpaired) electrons. The number of halogens is 1. The van der Waals surface area contributed by atoms with E-state index in [1.54, 1.807) is 0 Å². The van der Waals surface area contributed by atoms with Crippen molar-refractivity contribution in [2.75, 3.05) is 25.0 Å². The summed E-state index contributed by atoms with van der Waals surface area (Å²) >= 11 is 3.40. The zero-order valence-corrected chi connectivity index (χ0v) is 11.4. The van der Waals surface area contributed by atoms with Crippen LogP contribution < -0.4 is 10.6 Å². The van der Waals surface area contributed by atoms with Gasteiger partial charge in [0, 0.05) is 11.1 Å². The molecule has 0 fully saturated rings. The Morgan fingerprint density at radius 1 is 1.47 bits per heavy atom. The average molecular weight is 301 g/mol. The van der Waals surface area contributed by atoms with Crippen LogP contribution in [0.3, 0.4) is 0 Å². The van der Waals surface area contributed by atoms with Gasteiger partial charge in [-0.25, -0.2) is 0 Å². The maximum absolute atomic E-state index is 11.6. The van der Waals surface area contributed by atoms with Gasteiger partial charge in [0.15, 0.2) is 0 Å². The van der Waals surface area contributed by atoms with Crippen LogP contribution in [-0.4, -0.2) is 30.7 Å². The Balaban J connectivity index is 2.40. The highest BCUT2D eigenvalue weighted by Gasteiger charge is 2.04. The highest BCUT2D eigenvalue weighted by molar-refractivity contribution is 9.10. The maximum atomic E-state index is 11.6. The number of rotatable bonds is 6. The number of carbonyl (C=O) groups is 1. The summed E-state index contributed by atoms with van der Waals surface area (Å²) in [6.07, 6.45) is 0.654. The largest absolute Gasteiger partial charge is 0.396 e. The normalized spacial score (nSPS) is 10.3. The molecule has 3 N–H and O–H groups in total. The van der Waals surface area contributed by atoms with E-state index in [1.165, 1.54) is 0 Å². The minimum absolute atomic E-state index is 0.0903. The van der Waals surface area contributed by atoms with Gasteiger partial charge >= 0.3 is 0 Å². The highest BCUT2D eigenvalue weighted by Crippen LogP contribution is 2.22. The minimum atomic E-state index is -0.0903. The lowest BCUT2D eigenvalue weighted by Crippen LogP contribution is -2.29. The van der Waals surface area contributed by atoms with Crippen LogP contribution >= 0.6 is 15.9 Å². The molecule has 1 aromatic rings. The van der Waals surface area contributed by atoms with Crippen LogP contribution in [0.1, 0.15) is 12.0 Å². The summed E-state index contributed by atoms with van der Waals surface area (Å²) in [4.78, 5) is 11.6. The van der Waals surface area contributed by atoms with Gasteiger partial charge in [-0.15, -0.1) is 0 Å². The van der Waals surface area contributed by atoms with Crippen molar-refractivity contribution in [3.8, 4) is 0 Å². The summed E-state index contributed by atoms with van der Waals surface area (Å²) in [6, 6.07) is 5.76. The van der Waals surface area contributed by atoms with Crippen molar-refractivity contribution in [1.29, 1.82) is 0 Å². The molecule has 4 nitrogen and oxygen atoms in total. The topological polar surface area (TPSA) is 61.4 Å². The van der Waals surface area contributed by atoms with E-state index in [4.69, 9.17) is 5.11 Å². The number of hydrogen-bond donors (Lipinski definition) is 3. The van der Waals surface area contributed by atoms with Crippen LogP contribution in [0.15, 0.2) is 22.7 Å². The molecule has 0 aliphatic heterocycles. The third kappa shape index (κ3) is 5.30. The van der Waals surface area contributed by atoms with E-state index in [0.717, 1.165) is 15.7 Å². The number of benzene rings is 1. The number of aliphatic hydroxyl groups is 1. The molecule has 0 spiro atoms. The molecule has 17 heavy (non-hydrogen) atoms. The predicted octanol–water partition coefficient (Wildman–Crippen LogP) is 1.67. The molecule has 0 aliphatic carbocycles. The lowest BCUT2D eigenvalue weighted by atomic mass is 10.2. The Bertz CT molecular complexity index is 383. The smallest absolute Gasteiger partial charge is 0.238 e. The molecular weight excluding hydrogens is 284 g/mol. The molecule has 1 rings (SSSR count). The first-order valence-electron chi connectivity index (χ1n) is 5.51. The summed E-state index contributed by atoms with van der Waals surface area (Å²) in [5.41, 5.74) is 1.90. The van der Waals surface area contributed by atoms with Crippen molar-refractivity contribution in [3.63, 3.8) is 0 Å². The summed E-state index contributed by atoms with van der Waals surface area (Å²) in [7, 11) is 0. The Kier molecular flexibility index (Phi) is 6.18. The van der Waals surface area contributed by atoms with Crippen molar-refractivity contribution in [3.05, 3.63) is 28.2 Å². The fraction of sp³-hybridized carbons (Fsp3) is 0.417. The van der Waals surface area contributed by atoms with Crippen LogP contribution in [0.25, 0.3) is 0 Å². The Morgan fingerprint density at radius 2 is 2.24 bits per heavy atom. The van der Waals surface area contributed by atoms with E-state index in [0.29, 0.717) is 13.0 Å². The molecule has 0 aromatic heterocycles. The van der Waals surface area contributed by atoms with Gasteiger partial charge in [-0.1, -0.05) is 6.07 Å². The molecule has 0 heterocycles. The summed E-state index contributed by atoms with van der Waals surface area (Å²) in [5.74, 6) is -0.0903. The van der Waals surface area contributed by atoms with Crippen molar-refractivity contribution < 1.29 is 9.90 Å². The van der Waals surface area contributed by atoms with E-state index >= 15 is 0 Å². The van der Waals surface area contributed by atoms with Crippen molar-refractivity contribution in [1.82, 2.24) is 5.32 Å². The number of carbonyl (C=O) groups excluding carboxylic acids is 1. The predicted molar refractivity (Wildman–Crippen MR) is 72.1 cm³/mol. The van der Waals surface area contributed by atoms with E-state index in [1.807, 2.05) is 25.1 Å². The second-order valence-corrected chi connectivity index (χ2v) is 4.64. The molecule has 0 saturated heterocycles. The fourth-order valence-electron chi connectivity index (χ4n) is 1.32. The maximum Gasteiger partial charge on any atom is 0.238 e. The quantitative estimate of drug-likeness (QED) is 0.700. The van der Waals surface area contributed by atoms with E-state index in [2.05, 4.69) is 26.6 Å². The first-order chi connectivity index (χ1) is 8.13. The molecular formula is C12H17BrN2O2. The van der Waals surface area contributed by atoms with Crippen LogP contribution in [0.2, 0.25) is 0 Å². The standard InChI is InChI=1S/C12H17BrN2O2/c1-9-3-4-11(10(13)7-9)15-12(17)8-14-5-2-6-16/h3-4,7,14,16H,2,5-6,8H2,1H3,(H,15,17). The zero-order valence-electron chi connectivity index (χ0n) is 9.79. The number of aryl methyl sites for hydroxylation is 1. The third-order valence-corrected chi connectivity index (χ3v) is 2.85. The molecule has 1 amide bonds. The highest BCUT2D eigenvalue weighted by atomic mass is 79.9. The summed E-state index contributed by atoms with van der Waals surface area (Å²) in [6.45, 7) is 3.02. The molecule has 0 saturated carbocycles. The second-order valence-electron chi connectivity index (χ2n) is 3.79. The Labute approximate surface area is 110 Å². The average Bonchev–Trinajstić information content (AvgIpc) is 2.28. The summed E-state index contributed by atoms with van der Waals surface area (Å²) < 4.78 is 0.876. The minimum Gasteiger partial charge on any atom is -0.396 e. The fourth-order valence-corrected chi connectivity index (χ4v) is 1.91. The van der Waals surface area contributed by atoms with Gasteiger partial charge in [0.05, 0.1) is 12.2 Å². The van der Waals surface area contributed by atoms with E-state index in [-0.39, 0.29) is 19.1 Å². The van der Waals surface area contributed by atoms with Gasteiger partial charge in [-0.2, -0.15) is 0 Å². The van der Waals surface area contributed by atoms with Gasteiger partial charge < -0.3 is 15.7 Å². The van der Waals surface area contributed by atoms with Crippen LogP contribution in [0.5, 0.6) is 0 Å². The van der Waals surface area contributed by atoms with Crippen LogP contribution in [-0.2, 0) is 4.79 Å². The SMILES string of the molecule is Cc1ccc(NC(=O)CNCCCO)c(Br)c1. The molecule has 94 valence electrons. The first kappa shape index (κ1) is 14.2. The van der Waals surface area contributed by atoms with Gasteiger partial charge in [0.25, 0.3) is 0 Å². The molecule has 0 unspecified atom stereocenters. The molecule has 0 aliphatic rings. The zero-order chi connectivity index (χ0) is 12.7. The molecule has 5 heteroatoms. The lowest BCUT2D eigenvalue weighted by molar-refractivity contribution is -0.115. The third-order valence-electron chi connectivity index (χ3n) is 2.20. The summed E-state index contributed by atoms with van der Waals surface area (Å²) in [5, 5.41) is 14.3. The van der Waals surface area contributed by atoms with Gasteiger partial charge in [0.1, 0.15) is 0 Å². The van der Waals surface area contributed by atoms with E-state index < -0.39 is 0 Å². The number of amides is 1. The Hall–Kier alpha value is -0.910. The lowest BCUT2D eigenvalue weighted by Gasteiger charge is -2.08. The van der Waals surface area contributed by atoms with Gasteiger partial charge in [0.2, 0.25) is 5.91 Å². The van der Waals surface area contributed by atoms with Gasteiger partial charge in [-0.05, 0) is 53.5 Å². The number of anilines is 1. The van der Waals surface area contributed by atoms with Crippen molar-refractivity contribution >= 4 is 27.5 Å².